The van der Waals surface area contributed by atoms with E-state index in [4.69, 9.17) is 10.4 Å². The van der Waals surface area contributed by atoms with Crippen LogP contribution in [0.4, 0.5) is 0 Å². The van der Waals surface area contributed by atoms with E-state index in [9.17, 15) is 14.6 Å². The predicted molar refractivity (Wildman–Crippen MR) is 94.8 cm³/mol. The third kappa shape index (κ3) is 3.54. The fraction of sp³-hybridized carbons (Fsp3) is 0.412. The molecular formula is C17H21BN4O4. The van der Waals surface area contributed by atoms with E-state index < -0.39 is 7.12 Å². The minimum atomic E-state index is -1.14. The molecule has 3 N–H and O–H groups in total. The Morgan fingerprint density at radius 2 is 2.23 bits per heavy atom. The highest BCUT2D eigenvalue weighted by Crippen LogP contribution is 2.36. The maximum absolute atomic E-state index is 12.4. The maximum atomic E-state index is 12.4. The second-order valence-corrected chi connectivity index (χ2v) is 6.55. The van der Waals surface area contributed by atoms with Gasteiger partial charge in [-0.2, -0.15) is 0 Å². The van der Waals surface area contributed by atoms with Gasteiger partial charge in [0.05, 0.1) is 17.0 Å². The number of hydrogen-bond acceptors (Lipinski definition) is 7. The summed E-state index contributed by atoms with van der Waals surface area (Å²) < 4.78 is 7.08. The molecule has 1 aromatic carbocycles. The monoisotopic (exact) mass is 356 g/mol. The van der Waals surface area contributed by atoms with E-state index in [0.29, 0.717) is 23.4 Å². The van der Waals surface area contributed by atoms with Gasteiger partial charge in [0.1, 0.15) is 12.3 Å². The summed E-state index contributed by atoms with van der Waals surface area (Å²) in [5.74, 6) is -0.174. The minimum absolute atomic E-state index is 0.0718. The highest BCUT2D eigenvalue weighted by molar-refractivity contribution is 6.47. The standard InChI is InChI=1S/C17H21BN4O4/c1-10-16(8-19)20-21-22(10)9-14(24)7-13-6-12-4-3-5-15(11(2)23)17(12)26-18(13)25/h3-5,13,25H,6-9,19H2,1-2H3/t13-/m1/s1. The van der Waals surface area contributed by atoms with Gasteiger partial charge in [0.15, 0.2) is 11.6 Å². The smallest absolute Gasteiger partial charge is 0.526 e. The highest BCUT2D eigenvalue weighted by atomic mass is 16.5. The van der Waals surface area contributed by atoms with Gasteiger partial charge in [0.2, 0.25) is 0 Å². The number of rotatable bonds is 6. The van der Waals surface area contributed by atoms with Gasteiger partial charge in [-0.3, -0.25) is 9.59 Å². The molecule has 0 unspecified atom stereocenters. The molecule has 0 radical (unpaired) electrons. The Balaban J connectivity index is 1.71. The third-order valence-electron chi connectivity index (χ3n) is 4.69. The van der Waals surface area contributed by atoms with Crippen molar-refractivity contribution < 1.29 is 19.3 Å². The first-order chi connectivity index (χ1) is 12.4. The van der Waals surface area contributed by atoms with Crippen LogP contribution in [0, 0.1) is 6.92 Å². The molecule has 9 heteroatoms. The molecule has 0 saturated carbocycles. The topological polar surface area (TPSA) is 120 Å². The van der Waals surface area contributed by atoms with Crippen LogP contribution in [0.15, 0.2) is 18.2 Å². The van der Waals surface area contributed by atoms with Gasteiger partial charge in [-0.1, -0.05) is 17.3 Å². The highest BCUT2D eigenvalue weighted by Gasteiger charge is 2.37. The molecule has 26 heavy (non-hydrogen) atoms. The number of para-hydroxylation sites is 1. The largest absolute Gasteiger partial charge is 0.535 e. The molecule has 1 atom stereocenters. The third-order valence-corrected chi connectivity index (χ3v) is 4.69. The molecule has 8 nitrogen and oxygen atoms in total. The van der Waals surface area contributed by atoms with Crippen LogP contribution in [-0.4, -0.2) is 38.7 Å². The molecule has 1 aliphatic heterocycles. The van der Waals surface area contributed by atoms with Gasteiger partial charge in [0, 0.05) is 18.8 Å². The zero-order chi connectivity index (χ0) is 18.8. The zero-order valence-corrected chi connectivity index (χ0v) is 14.8. The Kier molecular flexibility index (Phi) is 5.19. The SMILES string of the molecule is CC(=O)c1cccc2c1OB(O)[C@@H](CC(=O)Cn1nnc(CN)c1C)C2. The lowest BCUT2D eigenvalue weighted by atomic mass is 9.64. The Morgan fingerprint density at radius 3 is 2.88 bits per heavy atom. The van der Waals surface area contributed by atoms with E-state index in [2.05, 4.69) is 10.3 Å². The molecule has 0 fully saturated rings. The number of hydrogen-bond donors (Lipinski definition) is 2. The molecule has 136 valence electrons. The second-order valence-electron chi connectivity index (χ2n) is 6.55. The molecule has 0 aliphatic carbocycles. The summed E-state index contributed by atoms with van der Waals surface area (Å²) in [6, 6.07) is 5.30. The summed E-state index contributed by atoms with van der Waals surface area (Å²) in [6.07, 6.45) is 0.607. The minimum Gasteiger partial charge on any atom is -0.535 e. The van der Waals surface area contributed by atoms with Crippen LogP contribution in [0.2, 0.25) is 5.82 Å². The summed E-state index contributed by atoms with van der Waals surface area (Å²) >= 11 is 0. The van der Waals surface area contributed by atoms with Gasteiger partial charge in [-0.15, -0.1) is 5.10 Å². The van der Waals surface area contributed by atoms with Crippen molar-refractivity contribution in [2.75, 3.05) is 0 Å². The number of carbonyl (C=O) groups excluding carboxylic acids is 2. The van der Waals surface area contributed by atoms with Gasteiger partial charge in [-0.25, -0.2) is 4.68 Å². The van der Waals surface area contributed by atoms with E-state index in [0.717, 1.165) is 11.3 Å². The van der Waals surface area contributed by atoms with Crippen molar-refractivity contribution in [1.82, 2.24) is 15.0 Å². The molecular weight excluding hydrogens is 335 g/mol. The molecule has 0 spiro atoms. The normalized spacial score (nSPS) is 16.2. The molecule has 0 bridgehead atoms. The summed E-state index contributed by atoms with van der Waals surface area (Å²) in [5.41, 5.74) is 8.25. The van der Waals surface area contributed by atoms with E-state index in [1.807, 2.05) is 13.0 Å². The zero-order valence-electron chi connectivity index (χ0n) is 14.8. The molecule has 0 amide bonds. The van der Waals surface area contributed by atoms with Crippen LogP contribution in [0.3, 0.4) is 0 Å². The van der Waals surface area contributed by atoms with Gasteiger partial charge < -0.3 is 15.4 Å². The average molecular weight is 356 g/mol. The van der Waals surface area contributed by atoms with Crippen LogP contribution < -0.4 is 10.4 Å². The van der Waals surface area contributed by atoms with Crippen LogP contribution >= 0.6 is 0 Å². The van der Waals surface area contributed by atoms with Crippen molar-refractivity contribution in [2.45, 2.75) is 45.6 Å². The van der Waals surface area contributed by atoms with Crippen LogP contribution in [0.5, 0.6) is 5.75 Å². The van der Waals surface area contributed by atoms with Gasteiger partial charge in [0.25, 0.3) is 0 Å². The maximum Gasteiger partial charge on any atom is 0.526 e. The van der Waals surface area contributed by atoms with Crippen molar-refractivity contribution in [3.63, 3.8) is 0 Å². The molecule has 2 aromatic rings. The van der Waals surface area contributed by atoms with Crippen LogP contribution in [-0.2, 0) is 24.3 Å². The van der Waals surface area contributed by atoms with Crippen molar-refractivity contribution in [3.8, 4) is 5.75 Å². The van der Waals surface area contributed by atoms with Gasteiger partial charge >= 0.3 is 7.12 Å². The molecule has 1 aliphatic rings. The van der Waals surface area contributed by atoms with E-state index >= 15 is 0 Å². The molecule has 0 saturated heterocycles. The van der Waals surface area contributed by atoms with Gasteiger partial charge in [-0.05, 0) is 31.9 Å². The lowest BCUT2D eigenvalue weighted by Gasteiger charge is -2.28. The first-order valence-electron chi connectivity index (χ1n) is 8.49. The van der Waals surface area contributed by atoms with Crippen LogP contribution in [0.1, 0.15) is 40.7 Å². The first-order valence-corrected chi connectivity index (χ1v) is 8.49. The fourth-order valence-electron chi connectivity index (χ4n) is 3.19. The van der Waals surface area contributed by atoms with E-state index in [1.165, 1.54) is 11.6 Å². The fourth-order valence-corrected chi connectivity index (χ4v) is 3.19. The Labute approximate surface area is 151 Å². The van der Waals surface area contributed by atoms with Crippen molar-refractivity contribution in [2.24, 2.45) is 5.73 Å². The Hall–Kier alpha value is -2.52. The Bertz CT molecular complexity index is 851. The summed E-state index contributed by atoms with van der Waals surface area (Å²) in [6.45, 7) is 3.61. The number of Topliss-reactive ketones (excluding diaryl/α,β-unsaturated/α-hetero) is 2. The van der Waals surface area contributed by atoms with Crippen LogP contribution in [0.25, 0.3) is 0 Å². The predicted octanol–water partition coefficient (Wildman–Crippen LogP) is 0.693. The van der Waals surface area contributed by atoms with E-state index in [1.54, 1.807) is 12.1 Å². The summed E-state index contributed by atoms with van der Waals surface area (Å²) in [4.78, 5) is 24.1. The number of benzene rings is 1. The van der Waals surface area contributed by atoms with E-state index in [-0.39, 0.29) is 36.9 Å². The van der Waals surface area contributed by atoms with Crippen molar-refractivity contribution in [3.05, 3.63) is 40.7 Å². The number of nitrogens with two attached hydrogens (primary N) is 1. The Morgan fingerprint density at radius 1 is 1.46 bits per heavy atom. The number of carbonyl (C=O) groups is 2. The quantitative estimate of drug-likeness (QED) is 0.577. The molecule has 3 rings (SSSR count). The number of nitrogens with zero attached hydrogens (tertiary/aromatic N) is 3. The summed E-state index contributed by atoms with van der Waals surface area (Å²) in [5, 5.41) is 18.2. The first kappa shape index (κ1) is 18.3. The molecule has 1 aromatic heterocycles. The number of ketones is 2. The van der Waals surface area contributed by atoms with Crippen molar-refractivity contribution >= 4 is 18.7 Å². The second kappa shape index (κ2) is 7.39. The average Bonchev–Trinajstić information content (AvgIpc) is 2.94. The number of aromatic nitrogens is 3. The number of fused-ring (bicyclic) bond motifs is 1. The summed E-state index contributed by atoms with van der Waals surface area (Å²) in [7, 11) is -1.14. The molecule has 2 heterocycles. The lowest BCUT2D eigenvalue weighted by molar-refractivity contribution is -0.120. The van der Waals surface area contributed by atoms with Crippen molar-refractivity contribution in [1.29, 1.82) is 0 Å². The lowest BCUT2D eigenvalue weighted by Crippen LogP contribution is -2.36.